The third-order valence-corrected chi connectivity index (χ3v) is 3.83. The van der Waals surface area contributed by atoms with E-state index in [4.69, 9.17) is 0 Å². The highest BCUT2D eigenvalue weighted by atomic mass is 16.2. The lowest BCUT2D eigenvalue weighted by Crippen LogP contribution is -2.39. The Morgan fingerprint density at radius 3 is 2.41 bits per heavy atom. The number of nitrogens with one attached hydrogen (secondary N) is 1. The lowest BCUT2D eigenvalue weighted by Gasteiger charge is -2.34. The van der Waals surface area contributed by atoms with Gasteiger partial charge >= 0.3 is 0 Å². The molecule has 0 aliphatic carbocycles. The second kappa shape index (κ2) is 5.17. The average Bonchev–Trinajstić information content (AvgIpc) is 2.58. The number of imide groups is 1. The summed E-state index contributed by atoms with van der Waals surface area (Å²) >= 11 is 0. The van der Waals surface area contributed by atoms with Crippen molar-refractivity contribution in [3.8, 4) is 0 Å². The number of piperidine rings is 1. The predicted octanol–water partition coefficient (Wildman–Crippen LogP) is 1.02. The number of hydrogen-bond donors (Lipinski definition) is 1. The standard InChI is InChI=1S/C13H22N2O2/c1-9(2)8-15-5-3-10(4-6-15)11-7-12(16)14-13(11)17/h9-11H,3-8H2,1-2H3,(H,14,16,17). The summed E-state index contributed by atoms with van der Waals surface area (Å²) in [5, 5.41) is 2.42. The summed E-state index contributed by atoms with van der Waals surface area (Å²) in [6, 6.07) is 0. The molecule has 2 aliphatic rings. The summed E-state index contributed by atoms with van der Waals surface area (Å²) in [4.78, 5) is 25.2. The summed E-state index contributed by atoms with van der Waals surface area (Å²) in [5.41, 5.74) is 0. The third kappa shape index (κ3) is 3.06. The van der Waals surface area contributed by atoms with Gasteiger partial charge in [0.1, 0.15) is 0 Å². The Morgan fingerprint density at radius 1 is 1.29 bits per heavy atom. The maximum atomic E-state index is 11.6. The summed E-state index contributed by atoms with van der Waals surface area (Å²) in [5.74, 6) is 0.915. The molecule has 4 nitrogen and oxygen atoms in total. The van der Waals surface area contributed by atoms with Gasteiger partial charge in [0, 0.05) is 13.0 Å². The topological polar surface area (TPSA) is 49.4 Å². The van der Waals surface area contributed by atoms with Crippen molar-refractivity contribution in [3.63, 3.8) is 0 Å². The maximum absolute atomic E-state index is 11.6. The van der Waals surface area contributed by atoms with Crippen molar-refractivity contribution < 1.29 is 9.59 Å². The molecule has 0 aromatic carbocycles. The van der Waals surface area contributed by atoms with Crippen molar-refractivity contribution in [1.82, 2.24) is 10.2 Å². The molecule has 0 radical (unpaired) electrons. The van der Waals surface area contributed by atoms with E-state index in [0.717, 1.165) is 32.5 Å². The van der Waals surface area contributed by atoms with E-state index in [1.165, 1.54) is 0 Å². The van der Waals surface area contributed by atoms with Crippen LogP contribution in [0.1, 0.15) is 33.1 Å². The second-order valence-electron chi connectivity index (χ2n) is 5.75. The van der Waals surface area contributed by atoms with Crippen molar-refractivity contribution in [2.75, 3.05) is 19.6 Å². The number of nitrogens with zero attached hydrogens (tertiary/aromatic N) is 1. The van der Waals surface area contributed by atoms with Gasteiger partial charge in [-0.15, -0.1) is 0 Å². The fraction of sp³-hybridized carbons (Fsp3) is 0.846. The van der Waals surface area contributed by atoms with Gasteiger partial charge in [0.25, 0.3) is 0 Å². The van der Waals surface area contributed by atoms with E-state index in [-0.39, 0.29) is 17.7 Å². The number of hydrogen-bond acceptors (Lipinski definition) is 3. The fourth-order valence-electron chi connectivity index (χ4n) is 3.01. The molecular formula is C13H22N2O2. The molecule has 0 aromatic heterocycles. The van der Waals surface area contributed by atoms with E-state index in [2.05, 4.69) is 24.1 Å². The molecule has 2 amide bonds. The molecule has 1 N–H and O–H groups in total. The third-order valence-electron chi connectivity index (χ3n) is 3.83. The van der Waals surface area contributed by atoms with Crippen LogP contribution >= 0.6 is 0 Å². The molecule has 0 bridgehead atoms. The van der Waals surface area contributed by atoms with Crippen LogP contribution in [0.15, 0.2) is 0 Å². The number of rotatable bonds is 3. The highest BCUT2D eigenvalue weighted by molar-refractivity contribution is 6.03. The Balaban J connectivity index is 1.83. The van der Waals surface area contributed by atoms with E-state index in [0.29, 0.717) is 18.3 Å². The summed E-state index contributed by atoms with van der Waals surface area (Å²) in [7, 11) is 0. The zero-order chi connectivity index (χ0) is 12.4. The van der Waals surface area contributed by atoms with Crippen LogP contribution in [0.3, 0.4) is 0 Å². The van der Waals surface area contributed by atoms with Crippen LogP contribution in [-0.4, -0.2) is 36.3 Å². The van der Waals surface area contributed by atoms with Crippen molar-refractivity contribution in [2.45, 2.75) is 33.1 Å². The van der Waals surface area contributed by atoms with E-state index >= 15 is 0 Å². The van der Waals surface area contributed by atoms with Crippen molar-refractivity contribution in [1.29, 1.82) is 0 Å². The first-order valence-corrected chi connectivity index (χ1v) is 6.62. The van der Waals surface area contributed by atoms with E-state index < -0.39 is 0 Å². The Labute approximate surface area is 103 Å². The van der Waals surface area contributed by atoms with Gasteiger partial charge in [0.2, 0.25) is 11.8 Å². The SMILES string of the molecule is CC(C)CN1CCC(C2CC(=O)NC2=O)CC1. The van der Waals surface area contributed by atoms with E-state index in [1.807, 2.05) is 0 Å². The highest BCUT2D eigenvalue weighted by Crippen LogP contribution is 2.30. The molecular weight excluding hydrogens is 216 g/mol. The van der Waals surface area contributed by atoms with Crippen LogP contribution in [0.4, 0.5) is 0 Å². The molecule has 1 unspecified atom stereocenters. The van der Waals surface area contributed by atoms with Crippen molar-refractivity contribution in [2.24, 2.45) is 17.8 Å². The van der Waals surface area contributed by atoms with Gasteiger partial charge in [-0.3, -0.25) is 14.9 Å². The largest absolute Gasteiger partial charge is 0.303 e. The number of amides is 2. The zero-order valence-corrected chi connectivity index (χ0v) is 10.7. The molecule has 2 heterocycles. The lowest BCUT2D eigenvalue weighted by atomic mass is 9.83. The first-order chi connectivity index (χ1) is 8.06. The molecule has 0 saturated carbocycles. The number of carbonyl (C=O) groups is 2. The van der Waals surface area contributed by atoms with Crippen LogP contribution in [0.2, 0.25) is 0 Å². The smallest absolute Gasteiger partial charge is 0.230 e. The number of likely N-dealkylation sites (tertiary alicyclic amines) is 1. The Hall–Kier alpha value is -0.900. The molecule has 1 atom stereocenters. The van der Waals surface area contributed by atoms with Crippen molar-refractivity contribution >= 4 is 11.8 Å². The van der Waals surface area contributed by atoms with Gasteiger partial charge in [0.05, 0.1) is 5.92 Å². The zero-order valence-electron chi connectivity index (χ0n) is 10.7. The molecule has 17 heavy (non-hydrogen) atoms. The van der Waals surface area contributed by atoms with Gasteiger partial charge < -0.3 is 4.90 Å². The Morgan fingerprint density at radius 2 is 1.94 bits per heavy atom. The van der Waals surface area contributed by atoms with Gasteiger partial charge in [-0.25, -0.2) is 0 Å². The molecule has 96 valence electrons. The quantitative estimate of drug-likeness (QED) is 0.747. The monoisotopic (exact) mass is 238 g/mol. The number of carbonyl (C=O) groups excluding carboxylic acids is 2. The molecule has 0 spiro atoms. The molecule has 4 heteroatoms. The summed E-state index contributed by atoms with van der Waals surface area (Å²) < 4.78 is 0. The second-order valence-corrected chi connectivity index (χ2v) is 5.75. The first-order valence-electron chi connectivity index (χ1n) is 6.62. The molecule has 2 rings (SSSR count). The minimum atomic E-state index is -0.0930. The van der Waals surface area contributed by atoms with Crippen LogP contribution < -0.4 is 5.32 Å². The van der Waals surface area contributed by atoms with E-state index in [1.54, 1.807) is 0 Å². The van der Waals surface area contributed by atoms with Crippen LogP contribution in [-0.2, 0) is 9.59 Å². The molecule has 2 aliphatic heterocycles. The molecule has 2 saturated heterocycles. The van der Waals surface area contributed by atoms with Crippen molar-refractivity contribution in [3.05, 3.63) is 0 Å². The minimum Gasteiger partial charge on any atom is -0.303 e. The lowest BCUT2D eigenvalue weighted by molar-refractivity contribution is -0.126. The first kappa shape index (κ1) is 12.6. The summed E-state index contributed by atoms with van der Waals surface area (Å²) in [6.45, 7) is 7.74. The minimum absolute atomic E-state index is 0.0442. The highest BCUT2D eigenvalue weighted by Gasteiger charge is 2.37. The van der Waals surface area contributed by atoms with Gasteiger partial charge in [-0.05, 0) is 37.8 Å². The predicted molar refractivity (Wildman–Crippen MR) is 65.3 cm³/mol. The van der Waals surface area contributed by atoms with Crippen LogP contribution in [0.5, 0.6) is 0 Å². The fourth-order valence-corrected chi connectivity index (χ4v) is 3.01. The molecule has 0 aromatic rings. The normalized spacial score (nSPS) is 27.8. The van der Waals surface area contributed by atoms with E-state index in [9.17, 15) is 9.59 Å². The maximum Gasteiger partial charge on any atom is 0.230 e. The van der Waals surface area contributed by atoms with Gasteiger partial charge in [0.15, 0.2) is 0 Å². The van der Waals surface area contributed by atoms with Crippen LogP contribution in [0.25, 0.3) is 0 Å². The molecule has 2 fully saturated rings. The van der Waals surface area contributed by atoms with Crippen LogP contribution in [0, 0.1) is 17.8 Å². The van der Waals surface area contributed by atoms with Gasteiger partial charge in [-0.1, -0.05) is 13.8 Å². The summed E-state index contributed by atoms with van der Waals surface area (Å²) in [6.07, 6.45) is 2.52. The van der Waals surface area contributed by atoms with Gasteiger partial charge in [-0.2, -0.15) is 0 Å². The average molecular weight is 238 g/mol. The Kier molecular flexibility index (Phi) is 3.82. The Bertz CT molecular complexity index is 307.